The molecule has 0 saturated carbocycles. The lowest BCUT2D eigenvalue weighted by molar-refractivity contribution is 0.0676. The average Bonchev–Trinajstić information content (AvgIpc) is 2.35. The summed E-state index contributed by atoms with van der Waals surface area (Å²) in [4.78, 5) is 11.8. The topological polar surface area (TPSA) is 44.8 Å². The number of para-hydroxylation sites is 1. The van der Waals surface area contributed by atoms with Crippen LogP contribution in [-0.2, 0) is 4.65 Å². The minimum Gasteiger partial charge on any atom is -0.522 e. The molecule has 90 valence electrons. The summed E-state index contributed by atoms with van der Waals surface area (Å²) in [5.41, 5.74) is 0.428. The van der Waals surface area contributed by atoms with Crippen molar-refractivity contribution in [1.82, 2.24) is 0 Å². The Balaban J connectivity index is 2.24. The van der Waals surface area contributed by atoms with E-state index in [1.807, 2.05) is 0 Å². The van der Waals surface area contributed by atoms with Gasteiger partial charge in [-0.2, -0.15) is 0 Å². The predicted octanol–water partition coefficient (Wildman–Crippen LogP) is 2.53. The summed E-state index contributed by atoms with van der Waals surface area (Å²) in [5.74, 6) is 0.722. The van der Waals surface area contributed by atoms with Crippen molar-refractivity contribution in [3.63, 3.8) is 0 Å². The maximum atomic E-state index is 11.8. The molecule has 1 heterocycles. The summed E-state index contributed by atoms with van der Waals surface area (Å²) in [5, 5.41) is 0. The molecule has 2 rings (SSSR count). The second-order valence-electron chi connectivity index (χ2n) is 3.93. The van der Waals surface area contributed by atoms with Gasteiger partial charge in [0.1, 0.15) is 5.56 Å². The van der Waals surface area contributed by atoms with E-state index in [-0.39, 0.29) is 5.97 Å². The molecule has 17 heavy (non-hydrogen) atoms. The number of carbonyl (C=O) groups excluding carboxylic acids is 1. The van der Waals surface area contributed by atoms with E-state index in [2.05, 4.69) is 6.92 Å². The van der Waals surface area contributed by atoms with Crippen LogP contribution in [0.3, 0.4) is 0 Å². The molecule has 0 N–H and O–H groups in total. The van der Waals surface area contributed by atoms with E-state index in [4.69, 9.17) is 14.0 Å². The van der Waals surface area contributed by atoms with Crippen LogP contribution in [0.5, 0.6) is 11.5 Å². The maximum Gasteiger partial charge on any atom is 0.596 e. The molecular formula is C12H15BO4. The molecule has 1 aliphatic heterocycles. The van der Waals surface area contributed by atoms with E-state index >= 15 is 0 Å². The Hall–Kier alpha value is -1.65. The number of ether oxygens (including phenoxy) is 1. The van der Waals surface area contributed by atoms with Crippen molar-refractivity contribution in [3.8, 4) is 11.5 Å². The van der Waals surface area contributed by atoms with Crippen LogP contribution in [0.25, 0.3) is 0 Å². The van der Waals surface area contributed by atoms with Gasteiger partial charge in [-0.25, -0.2) is 4.79 Å². The zero-order valence-corrected chi connectivity index (χ0v) is 10.1. The molecule has 1 aromatic rings. The number of unbranched alkanes of at least 4 members (excludes halogenated alkanes) is 1. The molecule has 0 amide bonds. The summed E-state index contributed by atoms with van der Waals surface area (Å²) in [6.07, 6.45) is 2.71. The lowest BCUT2D eigenvalue weighted by Gasteiger charge is -2.24. The molecule has 1 aromatic carbocycles. The van der Waals surface area contributed by atoms with Gasteiger partial charge in [0.05, 0.1) is 7.11 Å². The monoisotopic (exact) mass is 234 g/mol. The zero-order valence-electron chi connectivity index (χ0n) is 10.1. The van der Waals surface area contributed by atoms with Crippen molar-refractivity contribution >= 4 is 13.1 Å². The fourth-order valence-electron chi connectivity index (χ4n) is 1.79. The van der Waals surface area contributed by atoms with Crippen LogP contribution in [0, 0.1) is 0 Å². The molecule has 0 saturated heterocycles. The molecule has 1 aliphatic rings. The summed E-state index contributed by atoms with van der Waals surface area (Å²) < 4.78 is 16.0. The van der Waals surface area contributed by atoms with Crippen molar-refractivity contribution in [3.05, 3.63) is 23.8 Å². The lowest BCUT2D eigenvalue weighted by Crippen LogP contribution is -2.34. The Labute approximate surface area is 101 Å². The molecule has 0 radical (unpaired) electrons. The third-order valence-corrected chi connectivity index (χ3v) is 2.70. The highest BCUT2D eigenvalue weighted by atomic mass is 16.6. The van der Waals surface area contributed by atoms with Crippen molar-refractivity contribution < 1.29 is 18.8 Å². The van der Waals surface area contributed by atoms with Crippen molar-refractivity contribution in [1.29, 1.82) is 0 Å². The van der Waals surface area contributed by atoms with E-state index in [9.17, 15) is 4.79 Å². The molecule has 0 aromatic heterocycles. The number of hydrogen-bond acceptors (Lipinski definition) is 4. The molecule has 0 atom stereocenters. The molecular weight excluding hydrogens is 219 g/mol. The molecule has 0 aliphatic carbocycles. The first-order chi connectivity index (χ1) is 8.26. The van der Waals surface area contributed by atoms with E-state index in [1.54, 1.807) is 25.3 Å². The van der Waals surface area contributed by atoms with E-state index in [1.165, 1.54) is 0 Å². The third kappa shape index (κ3) is 2.38. The zero-order chi connectivity index (χ0) is 12.3. The molecule has 5 heteroatoms. The number of methoxy groups -OCH3 is 1. The molecule has 0 bridgehead atoms. The molecule has 0 fully saturated rings. The highest BCUT2D eigenvalue weighted by Gasteiger charge is 2.34. The van der Waals surface area contributed by atoms with Gasteiger partial charge >= 0.3 is 13.1 Å². The predicted molar refractivity (Wildman–Crippen MR) is 64.5 cm³/mol. The van der Waals surface area contributed by atoms with Crippen LogP contribution >= 0.6 is 0 Å². The number of rotatable bonds is 4. The highest BCUT2D eigenvalue weighted by Crippen LogP contribution is 2.35. The van der Waals surface area contributed by atoms with Gasteiger partial charge in [0, 0.05) is 6.32 Å². The van der Waals surface area contributed by atoms with E-state index in [0.717, 1.165) is 12.8 Å². The number of fused-ring (bicyclic) bond motifs is 1. The Morgan fingerprint density at radius 3 is 2.88 bits per heavy atom. The van der Waals surface area contributed by atoms with Crippen LogP contribution in [0.1, 0.15) is 30.1 Å². The van der Waals surface area contributed by atoms with Gasteiger partial charge < -0.3 is 14.0 Å². The minimum atomic E-state index is -0.494. The maximum absolute atomic E-state index is 11.8. The summed E-state index contributed by atoms with van der Waals surface area (Å²) in [7, 11) is 1.06. The van der Waals surface area contributed by atoms with Crippen LogP contribution in [0.2, 0.25) is 6.32 Å². The van der Waals surface area contributed by atoms with Gasteiger partial charge in [-0.1, -0.05) is 25.8 Å². The molecule has 4 nitrogen and oxygen atoms in total. The fraction of sp³-hybridized carbons (Fsp3) is 0.417. The van der Waals surface area contributed by atoms with Gasteiger partial charge in [0.25, 0.3) is 0 Å². The molecule has 0 unspecified atom stereocenters. The van der Waals surface area contributed by atoms with Crippen LogP contribution in [0.4, 0.5) is 0 Å². The highest BCUT2D eigenvalue weighted by molar-refractivity contribution is 6.49. The third-order valence-electron chi connectivity index (χ3n) is 2.70. The number of benzene rings is 1. The minimum absolute atomic E-state index is 0.341. The number of hydrogen-bond donors (Lipinski definition) is 0. The SMILES string of the molecule is CCCCB1OC(=O)c2cccc(OC)c2O1. The average molecular weight is 234 g/mol. The van der Waals surface area contributed by atoms with E-state index in [0.29, 0.717) is 23.4 Å². The Bertz CT molecular complexity index is 419. The van der Waals surface area contributed by atoms with Crippen molar-refractivity contribution in [2.75, 3.05) is 7.11 Å². The largest absolute Gasteiger partial charge is 0.596 e. The molecule has 0 spiro atoms. The second-order valence-corrected chi connectivity index (χ2v) is 3.93. The smallest absolute Gasteiger partial charge is 0.522 e. The first kappa shape index (κ1) is 11.8. The summed E-state index contributed by atoms with van der Waals surface area (Å²) >= 11 is 0. The van der Waals surface area contributed by atoms with Gasteiger partial charge in [0.2, 0.25) is 0 Å². The van der Waals surface area contributed by atoms with Crippen LogP contribution < -0.4 is 9.39 Å². The van der Waals surface area contributed by atoms with Gasteiger partial charge in [-0.3, -0.25) is 0 Å². The van der Waals surface area contributed by atoms with Gasteiger partial charge in [-0.05, 0) is 12.1 Å². The summed E-state index contributed by atoms with van der Waals surface area (Å²) in [6.45, 7) is 2.08. The first-order valence-electron chi connectivity index (χ1n) is 5.81. The Morgan fingerprint density at radius 1 is 1.35 bits per heavy atom. The second kappa shape index (κ2) is 5.12. The van der Waals surface area contributed by atoms with Crippen molar-refractivity contribution in [2.45, 2.75) is 26.1 Å². The van der Waals surface area contributed by atoms with Gasteiger partial charge in [0.15, 0.2) is 11.5 Å². The Kier molecular flexibility index (Phi) is 3.56. The Morgan fingerprint density at radius 2 is 2.18 bits per heavy atom. The van der Waals surface area contributed by atoms with Gasteiger partial charge in [-0.15, -0.1) is 0 Å². The normalized spacial score (nSPS) is 13.8. The summed E-state index contributed by atoms with van der Waals surface area (Å²) in [6, 6.07) is 5.19. The van der Waals surface area contributed by atoms with E-state index < -0.39 is 7.12 Å². The van der Waals surface area contributed by atoms with Crippen molar-refractivity contribution in [2.24, 2.45) is 0 Å². The van der Waals surface area contributed by atoms with Crippen LogP contribution in [0.15, 0.2) is 18.2 Å². The van der Waals surface area contributed by atoms with Crippen LogP contribution in [-0.4, -0.2) is 20.2 Å². The number of carbonyl (C=O) groups is 1. The quantitative estimate of drug-likeness (QED) is 0.751. The lowest BCUT2D eigenvalue weighted by atomic mass is 9.80. The first-order valence-corrected chi connectivity index (χ1v) is 5.81. The standard InChI is InChI=1S/C12H15BO4/c1-3-4-8-13-16-11-9(12(14)17-13)6-5-7-10(11)15-2/h5-7H,3-4,8H2,1-2H3. The fourth-order valence-corrected chi connectivity index (χ4v) is 1.79.